The summed E-state index contributed by atoms with van der Waals surface area (Å²) >= 11 is 3.48. The predicted molar refractivity (Wildman–Crippen MR) is 90.4 cm³/mol. The maximum Gasteiger partial charge on any atom is 0.251 e. The van der Waals surface area contributed by atoms with Crippen molar-refractivity contribution in [2.24, 2.45) is 0 Å². The molecule has 0 fully saturated rings. The quantitative estimate of drug-likeness (QED) is 0.866. The molecule has 0 bridgehead atoms. The molecule has 3 rings (SSSR count). The van der Waals surface area contributed by atoms with Gasteiger partial charge in [-0.2, -0.15) is 0 Å². The summed E-state index contributed by atoms with van der Waals surface area (Å²) in [6.45, 7) is 4.68. The molecule has 3 nitrogen and oxygen atoms in total. The fourth-order valence-electron chi connectivity index (χ4n) is 2.64. The Kier molecular flexibility index (Phi) is 4.21. The first-order chi connectivity index (χ1) is 10.5. The monoisotopic (exact) mass is 359 g/mol. The molecule has 0 saturated heterocycles. The lowest BCUT2D eigenvalue weighted by Crippen LogP contribution is -2.32. The fraction of sp³-hybridized carbons (Fsp3) is 0.278. The summed E-state index contributed by atoms with van der Waals surface area (Å²) in [5.41, 5.74) is 4.05. The van der Waals surface area contributed by atoms with Crippen LogP contribution in [-0.4, -0.2) is 12.5 Å². The second-order valence-electron chi connectivity index (χ2n) is 5.64. The number of amides is 1. The molecule has 0 radical (unpaired) electrons. The molecule has 1 unspecified atom stereocenters. The van der Waals surface area contributed by atoms with Crippen LogP contribution in [0.3, 0.4) is 0 Å². The molecule has 114 valence electrons. The largest absolute Gasteiger partial charge is 0.493 e. The molecule has 1 aliphatic rings. The van der Waals surface area contributed by atoms with E-state index in [9.17, 15) is 4.79 Å². The molecule has 4 heteroatoms. The van der Waals surface area contributed by atoms with Crippen molar-refractivity contribution in [2.45, 2.75) is 26.3 Å². The Morgan fingerprint density at radius 2 is 2.00 bits per heavy atom. The van der Waals surface area contributed by atoms with Gasteiger partial charge in [0.05, 0.1) is 12.6 Å². The summed E-state index contributed by atoms with van der Waals surface area (Å²) in [5.74, 6) is 0.806. The van der Waals surface area contributed by atoms with Crippen LogP contribution in [0, 0.1) is 13.8 Å². The van der Waals surface area contributed by atoms with Gasteiger partial charge in [0, 0.05) is 22.0 Å². The van der Waals surface area contributed by atoms with Crippen LogP contribution >= 0.6 is 15.9 Å². The van der Waals surface area contributed by atoms with Crippen LogP contribution in [0.2, 0.25) is 0 Å². The first-order valence-corrected chi connectivity index (χ1v) is 8.14. The molecule has 0 aliphatic carbocycles. The number of rotatable bonds is 2. The predicted octanol–water partition coefficient (Wildman–Crippen LogP) is 4.32. The Morgan fingerprint density at radius 3 is 2.77 bits per heavy atom. The number of aryl methyl sites for hydroxylation is 2. The molecular formula is C18H18BrNO2. The third-order valence-corrected chi connectivity index (χ3v) is 4.58. The van der Waals surface area contributed by atoms with Crippen molar-refractivity contribution in [2.75, 3.05) is 6.61 Å². The highest BCUT2D eigenvalue weighted by molar-refractivity contribution is 9.10. The lowest BCUT2D eigenvalue weighted by Gasteiger charge is -2.27. The summed E-state index contributed by atoms with van der Waals surface area (Å²) in [4.78, 5) is 12.5. The Bertz CT molecular complexity index is 727. The molecule has 0 saturated carbocycles. The van der Waals surface area contributed by atoms with Gasteiger partial charge in [0.1, 0.15) is 5.75 Å². The molecule has 1 amide bonds. The molecule has 2 aromatic carbocycles. The normalized spacial score (nSPS) is 16.6. The van der Waals surface area contributed by atoms with Gasteiger partial charge < -0.3 is 10.1 Å². The van der Waals surface area contributed by atoms with E-state index in [4.69, 9.17) is 4.74 Å². The van der Waals surface area contributed by atoms with Gasteiger partial charge in [0.2, 0.25) is 0 Å². The number of hydrogen-bond acceptors (Lipinski definition) is 2. The van der Waals surface area contributed by atoms with Crippen LogP contribution in [0.5, 0.6) is 5.75 Å². The zero-order valence-electron chi connectivity index (χ0n) is 12.7. The SMILES string of the molecule is Cc1ccc(C(=O)NC2CCOc3ccc(Br)cc32)cc1C. The summed E-state index contributed by atoms with van der Waals surface area (Å²) in [6.07, 6.45) is 0.778. The van der Waals surface area contributed by atoms with Gasteiger partial charge in [-0.3, -0.25) is 4.79 Å². The van der Waals surface area contributed by atoms with E-state index in [1.54, 1.807) is 0 Å². The van der Waals surface area contributed by atoms with Crippen LogP contribution in [0.4, 0.5) is 0 Å². The minimum Gasteiger partial charge on any atom is -0.493 e. The van der Waals surface area contributed by atoms with Gasteiger partial charge in [-0.1, -0.05) is 22.0 Å². The molecule has 1 aliphatic heterocycles. The van der Waals surface area contributed by atoms with E-state index in [1.165, 1.54) is 5.56 Å². The number of nitrogens with one attached hydrogen (secondary N) is 1. The van der Waals surface area contributed by atoms with E-state index >= 15 is 0 Å². The lowest BCUT2D eigenvalue weighted by molar-refractivity contribution is 0.0924. The number of carbonyl (C=O) groups is 1. The minimum absolute atomic E-state index is 0.0182. The Hall–Kier alpha value is -1.81. The summed E-state index contributed by atoms with van der Waals surface area (Å²) in [7, 11) is 0. The van der Waals surface area contributed by atoms with Crippen LogP contribution in [-0.2, 0) is 0 Å². The number of halogens is 1. The van der Waals surface area contributed by atoms with Crippen molar-refractivity contribution < 1.29 is 9.53 Å². The van der Waals surface area contributed by atoms with E-state index in [0.717, 1.165) is 27.8 Å². The third kappa shape index (κ3) is 3.02. The van der Waals surface area contributed by atoms with Crippen LogP contribution < -0.4 is 10.1 Å². The van der Waals surface area contributed by atoms with Crippen molar-refractivity contribution in [3.05, 3.63) is 63.1 Å². The average Bonchev–Trinajstić information content (AvgIpc) is 2.50. The molecule has 2 aromatic rings. The average molecular weight is 360 g/mol. The first-order valence-electron chi connectivity index (χ1n) is 7.35. The van der Waals surface area contributed by atoms with E-state index < -0.39 is 0 Å². The van der Waals surface area contributed by atoms with Gasteiger partial charge in [0.15, 0.2) is 0 Å². The fourth-order valence-corrected chi connectivity index (χ4v) is 3.02. The maximum atomic E-state index is 12.5. The number of ether oxygens (including phenoxy) is 1. The van der Waals surface area contributed by atoms with Gasteiger partial charge in [0.25, 0.3) is 5.91 Å². The third-order valence-electron chi connectivity index (χ3n) is 4.09. The highest BCUT2D eigenvalue weighted by Gasteiger charge is 2.23. The number of benzene rings is 2. The van der Waals surface area contributed by atoms with Crippen LogP contribution in [0.25, 0.3) is 0 Å². The minimum atomic E-state index is -0.0408. The Labute approximate surface area is 138 Å². The molecule has 1 atom stereocenters. The van der Waals surface area contributed by atoms with E-state index in [2.05, 4.69) is 21.2 Å². The second kappa shape index (κ2) is 6.13. The molecular weight excluding hydrogens is 342 g/mol. The van der Waals surface area contributed by atoms with E-state index in [1.807, 2.05) is 50.2 Å². The van der Waals surface area contributed by atoms with Gasteiger partial charge in [-0.15, -0.1) is 0 Å². The van der Waals surface area contributed by atoms with Crippen molar-refractivity contribution in [3.63, 3.8) is 0 Å². The zero-order chi connectivity index (χ0) is 15.7. The Morgan fingerprint density at radius 1 is 1.18 bits per heavy atom. The van der Waals surface area contributed by atoms with Crippen molar-refractivity contribution in [3.8, 4) is 5.75 Å². The van der Waals surface area contributed by atoms with Gasteiger partial charge in [-0.25, -0.2) is 0 Å². The van der Waals surface area contributed by atoms with E-state index in [0.29, 0.717) is 12.2 Å². The molecule has 0 spiro atoms. The van der Waals surface area contributed by atoms with Gasteiger partial charge >= 0.3 is 0 Å². The maximum absolute atomic E-state index is 12.5. The Balaban J connectivity index is 1.83. The van der Waals surface area contributed by atoms with Crippen molar-refractivity contribution in [1.29, 1.82) is 0 Å². The lowest BCUT2D eigenvalue weighted by atomic mass is 9.99. The second-order valence-corrected chi connectivity index (χ2v) is 6.56. The summed E-state index contributed by atoms with van der Waals surface area (Å²) in [5, 5.41) is 3.13. The van der Waals surface area contributed by atoms with Crippen LogP contribution in [0.1, 0.15) is 39.5 Å². The molecule has 0 aromatic heterocycles. The number of fused-ring (bicyclic) bond motifs is 1. The summed E-state index contributed by atoms with van der Waals surface area (Å²) < 4.78 is 6.65. The summed E-state index contributed by atoms with van der Waals surface area (Å²) in [6, 6.07) is 11.7. The van der Waals surface area contributed by atoms with Crippen LogP contribution in [0.15, 0.2) is 40.9 Å². The molecule has 22 heavy (non-hydrogen) atoms. The highest BCUT2D eigenvalue weighted by atomic mass is 79.9. The molecule has 1 heterocycles. The van der Waals surface area contributed by atoms with Gasteiger partial charge in [-0.05, 0) is 55.3 Å². The number of hydrogen-bond donors (Lipinski definition) is 1. The molecule has 1 N–H and O–H groups in total. The highest BCUT2D eigenvalue weighted by Crippen LogP contribution is 2.34. The number of carbonyl (C=O) groups excluding carboxylic acids is 1. The van der Waals surface area contributed by atoms with Crippen molar-refractivity contribution in [1.82, 2.24) is 5.32 Å². The smallest absolute Gasteiger partial charge is 0.251 e. The topological polar surface area (TPSA) is 38.3 Å². The first kappa shape index (κ1) is 15.1. The van der Waals surface area contributed by atoms with Crippen molar-refractivity contribution >= 4 is 21.8 Å². The standard InChI is InChI=1S/C18H18BrNO2/c1-11-3-4-13(9-12(11)2)18(21)20-16-7-8-22-17-6-5-14(19)10-15(16)17/h3-6,9-10,16H,7-8H2,1-2H3,(H,20,21). The van der Waals surface area contributed by atoms with E-state index in [-0.39, 0.29) is 11.9 Å². The zero-order valence-corrected chi connectivity index (χ0v) is 14.2.